The van der Waals surface area contributed by atoms with Crippen molar-refractivity contribution in [2.45, 2.75) is 26.9 Å². The SMILES string of the molecule is CC(=O)Nc1ccc(NC(=O)C(=O)c2c(C)nn(-c3cccc(C(F)(F)F)c3)c2C)cc1. The lowest BCUT2D eigenvalue weighted by molar-refractivity contribution is -0.137. The molecule has 2 aromatic carbocycles. The van der Waals surface area contributed by atoms with E-state index in [2.05, 4.69) is 15.7 Å². The van der Waals surface area contributed by atoms with Gasteiger partial charge in [-0.1, -0.05) is 6.07 Å². The fraction of sp³-hybridized carbons (Fsp3) is 0.182. The van der Waals surface area contributed by atoms with Gasteiger partial charge in [-0.05, 0) is 56.3 Å². The van der Waals surface area contributed by atoms with Gasteiger partial charge < -0.3 is 10.6 Å². The minimum atomic E-state index is -4.53. The highest BCUT2D eigenvalue weighted by molar-refractivity contribution is 6.47. The number of carbonyl (C=O) groups is 3. The molecule has 7 nitrogen and oxygen atoms in total. The van der Waals surface area contributed by atoms with Crippen LogP contribution in [-0.2, 0) is 15.8 Å². The van der Waals surface area contributed by atoms with Gasteiger partial charge in [0.2, 0.25) is 5.91 Å². The molecular weight excluding hydrogens is 425 g/mol. The monoisotopic (exact) mass is 444 g/mol. The summed E-state index contributed by atoms with van der Waals surface area (Å²) in [5.74, 6) is -2.04. The van der Waals surface area contributed by atoms with E-state index in [0.717, 1.165) is 12.1 Å². The molecule has 0 unspecified atom stereocenters. The number of nitrogens with one attached hydrogen (secondary N) is 2. The Kier molecular flexibility index (Phi) is 6.15. The molecule has 32 heavy (non-hydrogen) atoms. The topological polar surface area (TPSA) is 93.1 Å². The van der Waals surface area contributed by atoms with E-state index in [1.54, 1.807) is 12.1 Å². The largest absolute Gasteiger partial charge is 0.416 e. The molecule has 2 N–H and O–H groups in total. The number of Topliss-reactive ketones (excluding diaryl/α,β-unsaturated/α-hetero) is 1. The second-order valence-electron chi connectivity index (χ2n) is 7.05. The summed E-state index contributed by atoms with van der Waals surface area (Å²) in [5, 5.41) is 9.21. The normalized spacial score (nSPS) is 11.2. The Balaban J connectivity index is 1.84. The van der Waals surface area contributed by atoms with E-state index >= 15 is 0 Å². The molecule has 3 aromatic rings. The van der Waals surface area contributed by atoms with Crippen LogP contribution in [0.1, 0.15) is 34.2 Å². The lowest BCUT2D eigenvalue weighted by Gasteiger charge is -2.10. The van der Waals surface area contributed by atoms with E-state index in [4.69, 9.17) is 0 Å². The third-order valence-electron chi connectivity index (χ3n) is 4.61. The standard InChI is InChI=1S/C22H19F3N4O3/c1-12-19(13(2)29(28-12)18-6-4-5-15(11-18)22(23,24)25)20(31)21(32)27-17-9-7-16(8-10-17)26-14(3)30/h4-11H,1-3H3,(H,26,30)(H,27,32). The predicted molar refractivity (Wildman–Crippen MR) is 112 cm³/mol. The molecule has 0 aliphatic rings. The van der Waals surface area contributed by atoms with Crippen LogP contribution >= 0.6 is 0 Å². The van der Waals surface area contributed by atoms with Crippen molar-refractivity contribution in [2.24, 2.45) is 0 Å². The molecule has 0 atom stereocenters. The zero-order chi connectivity index (χ0) is 23.6. The molecule has 0 fully saturated rings. The van der Waals surface area contributed by atoms with Crippen molar-refractivity contribution in [1.82, 2.24) is 9.78 Å². The summed E-state index contributed by atoms with van der Waals surface area (Å²) >= 11 is 0. The maximum atomic E-state index is 13.0. The van der Waals surface area contributed by atoms with Crippen LogP contribution in [0.2, 0.25) is 0 Å². The fourth-order valence-corrected chi connectivity index (χ4v) is 3.18. The van der Waals surface area contributed by atoms with Gasteiger partial charge in [0.25, 0.3) is 11.7 Å². The number of benzene rings is 2. The third-order valence-corrected chi connectivity index (χ3v) is 4.61. The Bertz CT molecular complexity index is 1200. The molecule has 1 aromatic heterocycles. The second kappa shape index (κ2) is 8.66. The zero-order valence-corrected chi connectivity index (χ0v) is 17.4. The highest BCUT2D eigenvalue weighted by Crippen LogP contribution is 2.31. The lowest BCUT2D eigenvalue weighted by Crippen LogP contribution is -2.24. The van der Waals surface area contributed by atoms with Gasteiger partial charge in [0.05, 0.1) is 28.2 Å². The number of anilines is 2. The number of carbonyl (C=O) groups excluding carboxylic acids is 3. The molecular formula is C22H19F3N4O3. The van der Waals surface area contributed by atoms with Crippen molar-refractivity contribution in [3.63, 3.8) is 0 Å². The van der Waals surface area contributed by atoms with E-state index in [1.165, 1.54) is 49.7 Å². The Labute approximate surface area is 181 Å². The number of aryl methyl sites for hydroxylation is 1. The van der Waals surface area contributed by atoms with E-state index < -0.39 is 23.4 Å². The van der Waals surface area contributed by atoms with Gasteiger partial charge in [0.1, 0.15) is 0 Å². The maximum absolute atomic E-state index is 13.0. The Morgan fingerprint density at radius 1 is 0.938 bits per heavy atom. The molecule has 0 radical (unpaired) electrons. The minimum absolute atomic E-state index is 0.00905. The van der Waals surface area contributed by atoms with Crippen molar-refractivity contribution in [1.29, 1.82) is 0 Å². The van der Waals surface area contributed by atoms with E-state index in [-0.39, 0.29) is 28.5 Å². The summed E-state index contributed by atoms with van der Waals surface area (Å²) in [7, 11) is 0. The second-order valence-corrected chi connectivity index (χ2v) is 7.05. The van der Waals surface area contributed by atoms with Crippen molar-refractivity contribution >= 4 is 29.0 Å². The van der Waals surface area contributed by atoms with Crippen LogP contribution < -0.4 is 10.6 Å². The molecule has 3 rings (SSSR count). The number of nitrogens with zero attached hydrogens (tertiary/aromatic N) is 2. The van der Waals surface area contributed by atoms with E-state index in [1.807, 2.05) is 0 Å². The number of halogens is 3. The predicted octanol–water partition coefficient (Wildman–Crippen LogP) is 4.29. The van der Waals surface area contributed by atoms with Gasteiger partial charge in [-0.3, -0.25) is 14.4 Å². The smallest absolute Gasteiger partial charge is 0.326 e. The highest BCUT2D eigenvalue weighted by atomic mass is 19.4. The van der Waals surface area contributed by atoms with Crippen LogP contribution in [0.5, 0.6) is 0 Å². The van der Waals surface area contributed by atoms with Gasteiger partial charge >= 0.3 is 6.18 Å². The first-order valence-electron chi connectivity index (χ1n) is 9.44. The maximum Gasteiger partial charge on any atom is 0.416 e. The third kappa shape index (κ3) is 4.85. The zero-order valence-electron chi connectivity index (χ0n) is 17.4. The molecule has 0 bridgehead atoms. The summed E-state index contributed by atoms with van der Waals surface area (Å²) in [6, 6.07) is 10.7. The minimum Gasteiger partial charge on any atom is -0.326 e. The van der Waals surface area contributed by atoms with Crippen molar-refractivity contribution in [3.05, 3.63) is 71.0 Å². The number of aromatic nitrogens is 2. The summed E-state index contributed by atoms with van der Waals surface area (Å²) < 4.78 is 40.3. The van der Waals surface area contributed by atoms with Crippen LogP contribution in [0.3, 0.4) is 0 Å². The quantitative estimate of drug-likeness (QED) is 0.454. The van der Waals surface area contributed by atoms with Crippen LogP contribution in [0.25, 0.3) is 5.69 Å². The van der Waals surface area contributed by atoms with E-state index in [0.29, 0.717) is 11.4 Å². The number of amides is 2. The van der Waals surface area contributed by atoms with Crippen molar-refractivity contribution in [3.8, 4) is 5.69 Å². The van der Waals surface area contributed by atoms with E-state index in [9.17, 15) is 27.6 Å². The van der Waals surface area contributed by atoms with Gasteiger partial charge in [0.15, 0.2) is 0 Å². The average molecular weight is 444 g/mol. The number of alkyl halides is 3. The van der Waals surface area contributed by atoms with Crippen molar-refractivity contribution in [2.75, 3.05) is 10.6 Å². The molecule has 0 saturated carbocycles. The molecule has 0 spiro atoms. The van der Waals surface area contributed by atoms with Gasteiger partial charge in [-0.15, -0.1) is 0 Å². The number of ketones is 1. The summed E-state index contributed by atoms with van der Waals surface area (Å²) in [5.41, 5.74) is 0.581. The fourth-order valence-electron chi connectivity index (χ4n) is 3.18. The first-order chi connectivity index (χ1) is 15.0. The number of hydrogen-bond donors (Lipinski definition) is 2. The van der Waals surface area contributed by atoms with Crippen LogP contribution in [0.15, 0.2) is 48.5 Å². The molecule has 166 valence electrons. The lowest BCUT2D eigenvalue weighted by atomic mass is 10.1. The van der Waals surface area contributed by atoms with Crippen LogP contribution in [-0.4, -0.2) is 27.4 Å². The first-order valence-corrected chi connectivity index (χ1v) is 9.44. The first kappa shape index (κ1) is 22.7. The highest BCUT2D eigenvalue weighted by Gasteiger charge is 2.31. The van der Waals surface area contributed by atoms with Gasteiger partial charge in [-0.25, -0.2) is 4.68 Å². The van der Waals surface area contributed by atoms with Crippen LogP contribution in [0.4, 0.5) is 24.5 Å². The Morgan fingerprint density at radius 2 is 1.53 bits per heavy atom. The summed E-state index contributed by atoms with van der Waals surface area (Å²) in [6.07, 6.45) is -4.53. The van der Waals surface area contributed by atoms with Crippen molar-refractivity contribution < 1.29 is 27.6 Å². The summed E-state index contributed by atoms with van der Waals surface area (Å²) in [6.45, 7) is 4.36. The molecule has 0 aliphatic heterocycles. The molecule has 0 aliphatic carbocycles. The number of hydrogen-bond acceptors (Lipinski definition) is 4. The average Bonchev–Trinajstić information content (AvgIpc) is 3.02. The van der Waals surface area contributed by atoms with Crippen LogP contribution in [0, 0.1) is 13.8 Å². The molecule has 10 heteroatoms. The molecule has 0 saturated heterocycles. The van der Waals surface area contributed by atoms with Gasteiger partial charge in [-0.2, -0.15) is 18.3 Å². The molecule has 1 heterocycles. The molecule has 2 amide bonds. The van der Waals surface area contributed by atoms with Gasteiger partial charge in [0, 0.05) is 18.3 Å². The number of rotatable bonds is 5. The summed E-state index contributed by atoms with van der Waals surface area (Å²) in [4.78, 5) is 36.3. The Hall–Kier alpha value is -3.95. The Morgan fingerprint density at radius 3 is 2.09 bits per heavy atom.